The zero-order chi connectivity index (χ0) is 11.4. The van der Waals surface area contributed by atoms with Crippen LogP contribution in [0.2, 0.25) is 0 Å². The summed E-state index contributed by atoms with van der Waals surface area (Å²) in [5.74, 6) is -1.05. The molecule has 0 aliphatic heterocycles. The van der Waals surface area contributed by atoms with Gasteiger partial charge in [-0.2, -0.15) is 0 Å². The number of benzene rings is 1. The van der Waals surface area contributed by atoms with Crippen LogP contribution in [0, 0.1) is 5.92 Å². The second kappa shape index (κ2) is 4.68. The summed E-state index contributed by atoms with van der Waals surface area (Å²) in [7, 11) is 0. The standard InChI is InChI=1S/C11H14O4/c1-7(2)6-15-11(14)10-8(12)4-3-5-9(10)13/h3-5,7,12-13H,6H2,1-2H3. The SMILES string of the molecule is CC(C)COC(=O)c1c(O)cccc1O. The Morgan fingerprint density at radius 3 is 2.33 bits per heavy atom. The molecule has 0 fully saturated rings. The van der Waals surface area contributed by atoms with Crippen LogP contribution >= 0.6 is 0 Å². The molecule has 4 nitrogen and oxygen atoms in total. The van der Waals surface area contributed by atoms with Crippen molar-refractivity contribution in [2.45, 2.75) is 13.8 Å². The number of carbonyl (C=O) groups excluding carboxylic acids is 1. The van der Waals surface area contributed by atoms with Crippen LogP contribution in [0.1, 0.15) is 24.2 Å². The van der Waals surface area contributed by atoms with Gasteiger partial charge in [0.15, 0.2) is 0 Å². The summed E-state index contributed by atoms with van der Waals surface area (Å²) >= 11 is 0. The molecule has 0 saturated carbocycles. The van der Waals surface area contributed by atoms with E-state index in [9.17, 15) is 15.0 Å². The summed E-state index contributed by atoms with van der Waals surface area (Å²) in [4.78, 5) is 11.4. The second-order valence-corrected chi connectivity index (χ2v) is 3.66. The summed E-state index contributed by atoms with van der Waals surface area (Å²) in [6, 6.07) is 4.10. The number of phenols is 2. The van der Waals surface area contributed by atoms with Crippen molar-refractivity contribution < 1.29 is 19.7 Å². The number of hydrogen-bond acceptors (Lipinski definition) is 4. The van der Waals surface area contributed by atoms with Crippen molar-refractivity contribution in [3.8, 4) is 11.5 Å². The van der Waals surface area contributed by atoms with E-state index in [0.29, 0.717) is 0 Å². The van der Waals surface area contributed by atoms with Crippen LogP contribution in [0.3, 0.4) is 0 Å². The summed E-state index contributed by atoms with van der Waals surface area (Å²) in [5.41, 5.74) is -0.182. The number of hydrogen-bond donors (Lipinski definition) is 2. The first-order valence-corrected chi connectivity index (χ1v) is 4.70. The Hall–Kier alpha value is -1.71. The maximum absolute atomic E-state index is 11.4. The van der Waals surface area contributed by atoms with E-state index in [1.165, 1.54) is 18.2 Å². The van der Waals surface area contributed by atoms with Gasteiger partial charge in [0.05, 0.1) is 6.61 Å². The lowest BCUT2D eigenvalue weighted by molar-refractivity contribution is 0.0452. The van der Waals surface area contributed by atoms with Gasteiger partial charge in [-0.3, -0.25) is 0 Å². The number of ether oxygens (including phenoxy) is 1. The second-order valence-electron chi connectivity index (χ2n) is 3.66. The van der Waals surface area contributed by atoms with E-state index in [1.807, 2.05) is 13.8 Å². The zero-order valence-corrected chi connectivity index (χ0v) is 8.73. The van der Waals surface area contributed by atoms with Crippen molar-refractivity contribution in [3.63, 3.8) is 0 Å². The van der Waals surface area contributed by atoms with E-state index < -0.39 is 5.97 Å². The molecule has 0 aromatic heterocycles. The van der Waals surface area contributed by atoms with Crippen molar-refractivity contribution in [2.75, 3.05) is 6.61 Å². The van der Waals surface area contributed by atoms with Gasteiger partial charge < -0.3 is 14.9 Å². The predicted octanol–water partition coefficient (Wildman–Crippen LogP) is 1.91. The molecular formula is C11H14O4. The Bertz CT molecular complexity index is 337. The fraction of sp³-hybridized carbons (Fsp3) is 0.364. The van der Waals surface area contributed by atoms with E-state index >= 15 is 0 Å². The lowest BCUT2D eigenvalue weighted by Gasteiger charge is -2.09. The Labute approximate surface area is 88.1 Å². The van der Waals surface area contributed by atoms with Gasteiger partial charge in [-0.1, -0.05) is 19.9 Å². The first kappa shape index (κ1) is 11.4. The van der Waals surface area contributed by atoms with Gasteiger partial charge in [0.1, 0.15) is 17.1 Å². The Kier molecular flexibility index (Phi) is 3.55. The number of aromatic hydroxyl groups is 2. The van der Waals surface area contributed by atoms with Gasteiger partial charge in [-0.25, -0.2) is 4.79 Å². The molecule has 2 N–H and O–H groups in total. The third-order valence-corrected chi connectivity index (χ3v) is 1.77. The molecule has 0 radical (unpaired) electrons. The molecule has 0 amide bonds. The highest BCUT2D eigenvalue weighted by molar-refractivity contribution is 5.95. The topological polar surface area (TPSA) is 66.8 Å². The van der Waals surface area contributed by atoms with Gasteiger partial charge in [0, 0.05) is 0 Å². The molecule has 0 bridgehead atoms. The minimum atomic E-state index is -0.709. The van der Waals surface area contributed by atoms with Gasteiger partial charge >= 0.3 is 5.97 Å². The average molecular weight is 210 g/mol. The molecule has 1 rings (SSSR count). The van der Waals surface area contributed by atoms with Crippen LogP contribution in [0.5, 0.6) is 11.5 Å². The number of phenolic OH excluding ortho intramolecular Hbond substituents is 2. The molecule has 0 aliphatic rings. The normalized spacial score (nSPS) is 10.3. The van der Waals surface area contributed by atoms with Crippen molar-refractivity contribution in [2.24, 2.45) is 5.92 Å². The molecule has 0 aliphatic carbocycles. The lowest BCUT2D eigenvalue weighted by Crippen LogP contribution is -2.10. The molecule has 0 atom stereocenters. The highest BCUT2D eigenvalue weighted by Crippen LogP contribution is 2.26. The predicted molar refractivity (Wildman–Crippen MR) is 54.9 cm³/mol. The molecule has 1 aromatic rings. The van der Waals surface area contributed by atoms with Gasteiger partial charge in [-0.05, 0) is 18.1 Å². The summed E-state index contributed by atoms with van der Waals surface area (Å²) in [6.45, 7) is 4.06. The first-order valence-electron chi connectivity index (χ1n) is 4.70. The summed E-state index contributed by atoms with van der Waals surface area (Å²) in [6.07, 6.45) is 0. The van der Waals surface area contributed by atoms with Crippen molar-refractivity contribution >= 4 is 5.97 Å². The van der Waals surface area contributed by atoms with Crippen LogP contribution in [0.15, 0.2) is 18.2 Å². The lowest BCUT2D eigenvalue weighted by atomic mass is 10.2. The first-order chi connectivity index (χ1) is 7.02. The number of rotatable bonds is 3. The van der Waals surface area contributed by atoms with E-state index in [4.69, 9.17) is 4.74 Å². The van der Waals surface area contributed by atoms with Crippen molar-refractivity contribution in [1.29, 1.82) is 0 Å². The minimum Gasteiger partial charge on any atom is -0.507 e. The molecule has 82 valence electrons. The Morgan fingerprint density at radius 1 is 1.33 bits per heavy atom. The maximum Gasteiger partial charge on any atom is 0.345 e. The molecule has 0 spiro atoms. The minimum absolute atomic E-state index is 0.182. The Balaban J connectivity index is 2.82. The molecule has 0 unspecified atom stereocenters. The van der Waals surface area contributed by atoms with Gasteiger partial charge in [0.25, 0.3) is 0 Å². The fourth-order valence-electron chi connectivity index (χ4n) is 1.05. The number of esters is 1. The quantitative estimate of drug-likeness (QED) is 0.748. The van der Waals surface area contributed by atoms with Crippen molar-refractivity contribution in [1.82, 2.24) is 0 Å². The summed E-state index contributed by atoms with van der Waals surface area (Å²) < 4.78 is 4.89. The van der Waals surface area contributed by atoms with E-state index in [-0.39, 0.29) is 29.6 Å². The average Bonchev–Trinajstić information content (AvgIpc) is 2.14. The third kappa shape index (κ3) is 2.87. The third-order valence-electron chi connectivity index (χ3n) is 1.77. The van der Waals surface area contributed by atoms with Crippen LogP contribution in [0.4, 0.5) is 0 Å². The highest BCUT2D eigenvalue weighted by Gasteiger charge is 2.17. The van der Waals surface area contributed by atoms with Crippen LogP contribution in [-0.2, 0) is 4.74 Å². The van der Waals surface area contributed by atoms with Gasteiger partial charge in [-0.15, -0.1) is 0 Å². The maximum atomic E-state index is 11.4. The zero-order valence-electron chi connectivity index (χ0n) is 8.73. The van der Waals surface area contributed by atoms with E-state index in [1.54, 1.807) is 0 Å². The fourth-order valence-corrected chi connectivity index (χ4v) is 1.05. The molecule has 4 heteroatoms. The largest absolute Gasteiger partial charge is 0.507 e. The van der Waals surface area contributed by atoms with E-state index in [2.05, 4.69) is 0 Å². The number of carbonyl (C=O) groups is 1. The van der Waals surface area contributed by atoms with Gasteiger partial charge in [0.2, 0.25) is 0 Å². The smallest absolute Gasteiger partial charge is 0.345 e. The highest BCUT2D eigenvalue weighted by atomic mass is 16.5. The molecule has 1 aromatic carbocycles. The monoisotopic (exact) mass is 210 g/mol. The molecule has 0 saturated heterocycles. The molecule has 0 heterocycles. The Morgan fingerprint density at radius 2 is 1.87 bits per heavy atom. The van der Waals surface area contributed by atoms with Crippen LogP contribution in [-0.4, -0.2) is 22.8 Å². The van der Waals surface area contributed by atoms with Crippen molar-refractivity contribution in [3.05, 3.63) is 23.8 Å². The summed E-state index contributed by atoms with van der Waals surface area (Å²) in [5, 5.41) is 18.7. The van der Waals surface area contributed by atoms with Crippen LogP contribution in [0.25, 0.3) is 0 Å². The van der Waals surface area contributed by atoms with Crippen LogP contribution < -0.4 is 0 Å². The van der Waals surface area contributed by atoms with E-state index in [0.717, 1.165) is 0 Å². The molecule has 15 heavy (non-hydrogen) atoms. The molecular weight excluding hydrogens is 196 g/mol.